The number of nitrogens with zero attached hydrogens (tertiary/aromatic N) is 1. The average molecular weight is 533 g/mol. The fourth-order valence-corrected chi connectivity index (χ4v) is 5.84. The maximum Gasteiger partial charge on any atom is 0.241 e. The van der Waals surface area contributed by atoms with Gasteiger partial charge in [-0.15, -0.1) is 11.8 Å². The van der Waals surface area contributed by atoms with Gasteiger partial charge in [0, 0.05) is 11.4 Å². The van der Waals surface area contributed by atoms with E-state index in [9.17, 15) is 9.59 Å². The lowest BCUT2D eigenvalue weighted by Gasteiger charge is -2.36. The minimum absolute atomic E-state index is 0.0347. The van der Waals surface area contributed by atoms with Crippen LogP contribution in [0.1, 0.15) is 37.5 Å². The highest BCUT2D eigenvalue weighted by Crippen LogP contribution is 2.42. The van der Waals surface area contributed by atoms with E-state index in [2.05, 4.69) is 24.4 Å². The number of carbonyl (C=O) groups excluding carboxylic acids is 2. The lowest BCUT2D eigenvalue weighted by molar-refractivity contribution is -0.128. The molecule has 2 atom stereocenters. The van der Waals surface area contributed by atoms with Crippen LogP contribution in [0.15, 0.2) is 71.6 Å². The molecule has 0 spiro atoms. The first kappa shape index (κ1) is 27.6. The topological polar surface area (TPSA) is 67.9 Å². The molecule has 6 nitrogen and oxygen atoms in total. The molecule has 0 bridgehead atoms. The largest absolute Gasteiger partial charge is 0.490 e. The van der Waals surface area contributed by atoms with E-state index in [1.807, 2.05) is 80.3 Å². The summed E-state index contributed by atoms with van der Waals surface area (Å²) in [4.78, 5) is 29.8. The molecule has 1 heterocycles. The summed E-state index contributed by atoms with van der Waals surface area (Å²) >= 11 is 1.48. The van der Waals surface area contributed by atoms with Gasteiger partial charge in [-0.05, 0) is 68.1 Å². The van der Waals surface area contributed by atoms with Gasteiger partial charge in [-0.3, -0.25) is 9.59 Å². The maximum atomic E-state index is 13.7. The van der Waals surface area contributed by atoms with Gasteiger partial charge in [0.25, 0.3) is 0 Å². The number of benzene rings is 3. The van der Waals surface area contributed by atoms with Crippen molar-refractivity contribution >= 4 is 29.3 Å². The van der Waals surface area contributed by atoms with Gasteiger partial charge in [-0.25, -0.2) is 0 Å². The molecular weight excluding hydrogens is 496 g/mol. The number of thioether (sulfide) groups is 1. The van der Waals surface area contributed by atoms with Crippen molar-refractivity contribution in [3.05, 3.63) is 83.4 Å². The molecule has 0 aromatic heterocycles. The predicted octanol–water partition coefficient (Wildman–Crippen LogP) is 5.79. The van der Waals surface area contributed by atoms with E-state index in [4.69, 9.17) is 9.47 Å². The summed E-state index contributed by atoms with van der Waals surface area (Å²) in [5, 5.41) is 2.55. The van der Waals surface area contributed by atoms with Gasteiger partial charge in [-0.2, -0.15) is 0 Å². The van der Waals surface area contributed by atoms with E-state index < -0.39 is 11.2 Å². The first-order valence-corrected chi connectivity index (χ1v) is 14.1. The van der Waals surface area contributed by atoms with Crippen LogP contribution in [0.2, 0.25) is 0 Å². The Morgan fingerprint density at radius 1 is 1.00 bits per heavy atom. The third-order valence-corrected chi connectivity index (χ3v) is 8.16. The van der Waals surface area contributed by atoms with Crippen LogP contribution in [-0.4, -0.2) is 36.8 Å². The lowest BCUT2D eigenvalue weighted by Crippen LogP contribution is -2.47. The van der Waals surface area contributed by atoms with Crippen molar-refractivity contribution in [2.45, 2.75) is 50.8 Å². The zero-order valence-corrected chi connectivity index (χ0v) is 23.3. The smallest absolute Gasteiger partial charge is 0.241 e. The molecule has 4 rings (SSSR count). The maximum absolute atomic E-state index is 13.7. The van der Waals surface area contributed by atoms with Crippen LogP contribution in [0.5, 0.6) is 11.5 Å². The average Bonchev–Trinajstić information content (AvgIpc) is 2.92. The number of ether oxygens (including phenoxy) is 2. The second-order valence-corrected chi connectivity index (χ2v) is 10.5. The van der Waals surface area contributed by atoms with Gasteiger partial charge in [0.15, 0.2) is 11.5 Å². The summed E-state index contributed by atoms with van der Waals surface area (Å²) in [6.45, 7) is 9.85. The Kier molecular flexibility index (Phi) is 9.34. The standard InChI is InChI=1S/C31H36N2O4S/c1-5-36-26-16-15-23(19-27(26)37-6-2)17-18-32-30(34)22(4)29-31(35)33(20-24-12-8-7-11-21(24)3)25-13-9-10-14-28(25)38-29/h7-16,19,22,29H,5-6,17-18,20H2,1-4H3,(H,32,34). The number of fused-ring (bicyclic) bond motifs is 1. The molecule has 3 aromatic carbocycles. The molecule has 0 aliphatic carbocycles. The summed E-state index contributed by atoms with van der Waals surface area (Å²) in [6, 6.07) is 21.9. The number of anilines is 1. The molecular formula is C31H36N2O4S. The molecule has 0 saturated carbocycles. The van der Waals surface area contributed by atoms with Gasteiger partial charge < -0.3 is 19.7 Å². The molecule has 0 radical (unpaired) electrons. The molecule has 0 fully saturated rings. The number of carbonyl (C=O) groups is 2. The van der Waals surface area contributed by atoms with Gasteiger partial charge in [0.05, 0.1) is 31.4 Å². The number of nitrogens with one attached hydrogen (secondary N) is 1. The zero-order valence-electron chi connectivity index (χ0n) is 22.5. The molecule has 7 heteroatoms. The Bertz CT molecular complexity index is 1280. The number of amides is 2. The van der Waals surface area contributed by atoms with Crippen LogP contribution in [0.25, 0.3) is 0 Å². The highest BCUT2D eigenvalue weighted by atomic mass is 32.2. The summed E-state index contributed by atoms with van der Waals surface area (Å²) in [7, 11) is 0. The zero-order chi connectivity index (χ0) is 27.1. The Labute approximate surface area is 229 Å². The van der Waals surface area contributed by atoms with Crippen LogP contribution in [0.4, 0.5) is 5.69 Å². The van der Waals surface area contributed by atoms with Crippen molar-refractivity contribution in [1.29, 1.82) is 0 Å². The molecule has 3 aromatic rings. The SMILES string of the molecule is CCOc1ccc(CCNC(=O)C(C)C2Sc3ccccc3N(Cc3ccccc3C)C2=O)cc1OCC. The van der Waals surface area contributed by atoms with Crippen LogP contribution in [0.3, 0.4) is 0 Å². The quantitative estimate of drug-likeness (QED) is 0.338. The van der Waals surface area contributed by atoms with Crippen molar-refractivity contribution in [2.75, 3.05) is 24.7 Å². The van der Waals surface area contributed by atoms with E-state index in [0.717, 1.165) is 33.0 Å². The van der Waals surface area contributed by atoms with Crippen LogP contribution >= 0.6 is 11.8 Å². The van der Waals surface area contributed by atoms with E-state index in [1.165, 1.54) is 11.8 Å². The second-order valence-electron chi connectivity index (χ2n) is 9.33. The van der Waals surface area contributed by atoms with Crippen LogP contribution in [-0.2, 0) is 22.6 Å². The molecule has 2 amide bonds. The summed E-state index contributed by atoms with van der Waals surface area (Å²) in [5.41, 5.74) is 4.18. The monoisotopic (exact) mass is 532 g/mol. The van der Waals surface area contributed by atoms with Crippen molar-refractivity contribution in [2.24, 2.45) is 5.92 Å². The predicted molar refractivity (Wildman–Crippen MR) is 153 cm³/mol. The van der Waals surface area contributed by atoms with Crippen molar-refractivity contribution in [3.63, 3.8) is 0 Å². The lowest BCUT2D eigenvalue weighted by atomic mass is 10.0. The third-order valence-electron chi connectivity index (χ3n) is 6.70. The molecule has 200 valence electrons. The number of aryl methyl sites for hydroxylation is 1. The Morgan fingerprint density at radius 2 is 1.71 bits per heavy atom. The number of hydrogen-bond donors (Lipinski definition) is 1. The molecule has 1 aliphatic rings. The fraction of sp³-hybridized carbons (Fsp3) is 0.355. The Morgan fingerprint density at radius 3 is 2.47 bits per heavy atom. The van der Waals surface area contributed by atoms with Gasteiger partial charge in [0.1, 0.15) is 5.25 Å². The minimum atomic E-state index is -0.496. The summed E-state index contributed by atoms with van der Waals surface area (Å²) in [5.74, 6) is 0.788. The van der Waals surface area contributed by atoms with Crippen LogP contribution in [0, 0.1) is 12.8 Å². The fourth-order valence-electron chi connectivity index (χ4n) is 4.56. The van der Waals surface area contributed by atoms with E-state index in [1.54, 1.807) is 0 Å². The first-order chi connectivity index (χ1) is 18.4. The van der Waals surface area contributed by atoms with E-state index in [0.29, 0.717) is 38.5 Å². The van der Waals surface area contributed by atoms with Gasteiger partial charge in [-0.1, -0.05) is 49.4 Å². The van der Waals surface area contributed by atoms with Crippen molar-refractivity contribution in [3.8, 4) is 11.5 Å². The normalized spacial score (nSPS) is 15.5. The Balaban J connectivity index is 1.43. The van der Waals surface area contributed by atoms with Crippen molar-refractivity contribution < 1.29 is 19.1 Å². The number of para-hydroxylation sites is 1. The highest BCUT2D eigenvalue weighted by molar-refractivity contribution is 8.01. The summed E-state index contributed by atoms with van der Waals surface area (Å²) in [6.07, 6.45) is 0.652. The number of hydrogen-bond acceptors (Lipinski definition) is 5. The molecule has 0 saturated heterocycles. The van der Waals surface area contributed by atoms with Crippen LogP contribution < -0.4 is 19.7 Å². The molecule has 2 unspecified atom stereocenters. The minimum Gasteiger partial charge on any atom is -0.490 e. The second kappa shape index (κ2) is 12.9. The van der Waals surface area contributed by atoms with Gasteiger partial charge >= 0.3 is 0 Å². The molecule has 1 N–H and O–H groups in total. The molecule has 1 aliphatic heterocycles. The number of rotatable bonds is 11. The highest BCUT2D eigenvalue weighted by Gasteiger charge is 2.39. The van der Waals surface area contributed by atoms with Crippen molar-refractivity contribution in [1.82, 2.24) is 5.32 Å². The van der Waals surface area contributed by atoms with E-state index >= 15 is 0 Å². The van der Waals surface area contributed by atoms with E-state index in [-0.39, 0.29) is 11.8 Å². The van der Waals surface area contributed by atoms with Gasteiger partial charge in [0.2, 0.25) is 11.8 Å². The third kappa shape index (κ3) is 6.33. The first-order valence-electron chi connectivity index (χ1n) is 13.2. The summed E-state index contributed by atoms with van der Waals surface area (Å²) < 4.78 is 11.4. The molecule has 38 heavy (non-hydrogen) atoms. The Hall–Kier alpha value is -3.45.